The molecule has 0 bridgehead atoms. The Morgan fingerprint density at radius 1 is 1.07 bits per heavy atom. The van der Waals surface area contributed by atoms with Gasteiger partial charge < -0.3 is 19.9 Å². The second-order valence-corrected chi connectivity index (χ2v) is 6.79. The monoisotopic (exact) mass is 385 g/mol. The SMILES string of the molecule is CCOc1cc(C(=O)NC(C)Cc2ccc(C)cc2C)ccc1OCC(=O)O. The number of benzene rings is 2. The Bertz CT molecular complexity index is 847. The molecular weight excluding hydrogens is 358 g/mol. The molecule has 1 atom stereocenters. The predicted molar refractivity (Wildman–Crippen MR) is 107 cm³/mol. The number of hydrogen-bond donors (Lipinski definition) is 2. The fourth-order valence-corrected chi connectivity index (χ4v) is 2.94. The summed E-state index contributed by atoms with van der Waals surface area (Å²) in [5, 5.41) is 11.8. The Morgan fingerprint density at radius 2 is 1.82 bits per heavy atom. The number of rotatable bonds is 9. The molecular formula is C22H27NO5. The predicted octanol–water partition coefficient (Wildman–Crippen LogP) is 3.53. The molecule has 1 unspecified atom stereocenters. The molecule has 0 aliphatic carbocycles. The first-order valence-electron chi connectivity index (χ1n) is 9.28. The van der Waals surface area contributed by atoms with Gasteiger partial charge in [0.05, 0.1) is 6.61 Å². The molecule has 0 aromatic heterocycles. The van der Waals surface area contributed by atoms with Crippen molar-refractivity contribution in [3.63, 3.8) is 0 Å². The Labute approximate surface area is 165 Å². The summed E-state index contributed by atoms with van der Waals surface area (Å²) >= 11 is 0. The summed E-state index contributed by atoms with van der Waals surface area (Å²) in [5.41, 5.74) is 4.05. The Hall–Kier alpha value is -3.02. The van der Waals surface area contributed by atoms with E-state index in [0.717, 1.165) is 6.42 Å². The van der Waals surface area contributed by atoms with E-state index >= 15 is 0 Å². The van der Waals surface area contributed by atoms with Crippen LogP contribution in [0.3, 0.4) is 0 Å². The van der Waals surface area contributed by atoms with Crippen molar-refractivity contribution in [2.45, 2.75) is 40.2 Å². The second kappa shape index (κ2) is 9.78. The fourth-order valence-electron chi connectivity index (χ4n) is 2.94. The van der Waals surface area contributed by atoms with Gasteiger partial charge in [0.25, 0.3) is 5.91 Å². The number of amides is 1. The van der Waals surface area contributed by atoms with Crippen molar-refractivity contribution < 1.29 is 24.2 Å². The van der Waals surface area contributed by atoms with Crippen LogP contribution < -0.4 is 14.8 Å². The molecule has 0 fully saturated rings. The Morgan fingerprint density at radius 3 is 2.46 bits per heavy atom. The highest BCUT2D eigenvalue weighted by Gasteiger charge is 2.15. The lowest BCUT2D eigenvalue weighted by Gasteiger charge is -2.17. The smallest absolute Gasteiger partial charge is 0.341 e. The first-order valence-corrected chi connectivity index (χ1v) is 9.28. The van der Waals surface area contributed by atoms with Crippen molar-refractivity contribution >= 4 is 11.9 Å². The number of aryl methyl sites for hydroxylation is 2. The van der Waals surface area contributed by atoms with Crippen LogP contribution in [-0.4, -0.2) is 36.2 Å². The summed E-state index contributed by atoms with van der Waals surface area (Å²) in [6.07, 6.45) is 0.732. The van der Waals surface area contributed by atoms with Crippen LogP contribution in [0.1, 0.15) is 40.9 Å². The number of nitrogens with one attached hydrogen (secondary N) is 1. The lowest BCUT2D eigenvalue weighted by molar-refractivity contribution is -0.139. The van der Waals surface area contributed by atoms with E-state index in [2.05, 4.69) is 37.4 Å². The minimum absolute atomic E-state index is 0.0487. The van der Waals surface area contributed by atoms with Gasteiger partial charge in [-0.15, -0.1) is 0 Å². The molecule has 2 aromatic rings. The molecule has 6 heteroatoms. The van der Waals surface area contributed by atoms with Gasteiger partial charge in [-0.1, -0.05) is 23.8 Å². The molecule has 0 radical (unpaired) electrons. The third-order valence-electron chi connectivity index (χ3n) is 4.26. The van der Waals surface area contributed by atoms with E-state index in [0.29, 0.717) is 23.7 Å². The summed E-state index contributed by atoms with van der Waals surface area (Å²) in [5.74, 6) is -0.657. The number of carbonyl (C=O) groups is 2. The number of carboxylic acids is 1. The van der Waals surface area contributed by atoms with Gasteiger partial charge in [0, 0.05) is 11.6 Å². The van der Waals surface area contributed by atoms with Gasteiger partial charge >= 0.3 is 5.97 Å². The minimum atomic E-state index is -1.08. The van der Waals surface area contributed by atoms with Crippen LogP contribution >= 0.6 is 0 Å². The van der Waals surface area contributed by atoms with Gasteiger partial charge in [0.15, 0.2) is 18.1 Å². The molecule has 6 nitrogen and oxygen atoms in total. The van der Waals surface area contributed by atoms with Gasteiger partial charge in [-0.25, -0.2) is 4.79 Å². The highest BCUT2D eigenvalue weighted by molar-refractivity contribution is 5.95. The maximum atomic E-state index is 12.6. The molecule has 2 rings (SSSR count). The third-order valence-corrected chi connectivity index (χ3v) is 4.26. The molecule has 2 aromatic carbocycles. The minimum Gasteiger partial charge on any atom is -0.490 e. The molecule has 0 aliphatic heterocycles. The van der Waals surface area contributed by atoms with Crippen LogP contribution in [0.5, 0.6) is 11.5 Å². The first-order chi connectivity index (χ1) is 13.3. The molecule has 0 heterocycles. The molecule has 0 spiro atoms. The van der Waals surface area contributed by atoms with Crippen LogP contribution in [0.25, 0.3) is 0 Å². The van der Waals surface area contributed by atoms with Crippen LogP contribution in [-0.2, 0) is 11.2 Å². The van der Waals surface area contributed by atoms with E-state index in [4.69, 9.17) is 14.6 Å². The standard InChI is InChI=1S/C22H27NO5/c1-5-27-20-12-18(8-9-19(20)28-13-21(24)25)22(26)23-16(4)11-17-7-6-14(2)10-15(17)3/h6-10,12,16H,5,11,13H2,1-4H3,(H,23,26)(H,24,25). The number of hydrogen-bond acceptors (Lipinski definition) is 4. The van der Waals surface area contributed by atoms with Crippen molar-refractivity contribution in [2.24, 2.45) is 0 Å². The maximum Gasteiger partial charge on any atom is 0.341 e. The first kappa shape index (κ1) is 21.3. The summed E-state index contributed by atoms with van der Waals surface area (Å²) in [4.78, 5) is 23.3. The van der Waals surface area contributed by atoms with Gasteiger partial charge in [-0.3, -0.25) is 4.79 Å². The maximum absolute atomic E-state index is 12.6. The molecule has 28 heavy (non-hydrogen) atoms. The largest absolute Gasteiger partial charge is 0.490 e. The van der Waals surface area contributed by atoms with E-state index < -0.39 is 12.6 Å². The normalized spacial score (nSPS) is 11.6. The zero-order valence-electron chi connectivity index (χ0n) is 16.7. The fraction of sp³-hybridized carbons (Fsp3) is 0.364. The van der Waals surface area contributed by atoms with E-state index in [1.54, 1.807) is 25.1 Å². The van der Waals surface area contributed by atoms with E-state index in [-0.39, 0.29) is 11.9 Å². The van der Waals surface area contributed by atoms with Crippen molar-refractivity contribution in [1.82, 2.24) is 5.32 Å². The average molecular weight is 385 g/mol. The molecule has 0 saturated carbocycles. The molecule has 150 valence electrons. The summed E-state index contributed by atoms with van der Waals surface area (Å²) in [7, 11) is 0. The average Bonchev–Trinajstić information content (AvgIpc) is 2.63. The van der Waals surface area contributed by atoms with Crippen molar-refractivity contribution in [2.75, 3.05) is 13.2 Å². The van der Waals surface area contributed by atoms with E-state index in [9.17, 15) is 9.59 Å². The molecule has 0 saturated heterocycles. The highest BCUT2D eigenvalue weighted by atomic mass is 16.5. The molecule has 1 amide bonds. The van der Waals surface area contributed by atoms with Gasteiger partial charge in [0.2, 0.25) is 0 Å². The van der Waals surface area contributed by atoms with E-state index in [1.807, 2.05) is 6.92 Å². The summed E-state index contributed by atoms with van der Waals surface area (Å²) in [6, 6.07) is 11.0. The number of carbonyl (C=O) groups excluding carboxylic acids is 1. The summed E-state index contributed by atoms with van der Waals surface area (Å²) in [6.45, 7) is 7.80. The van der Waals surface area contributed by atoms with Crippen molar-refractivity contribution in [3.8, 4) is 11.5 Å². The van der Waals surface area contributed by atoms with Crippen molar-refractivity contribution in [3.05, 3.63) is 58.7 Å². The zero-order chi connectivity index (χ0) is 20.7. The lowest BCUT2D eigenvalue weighted by atomic mass is 10.00. The number of ether oxygens (including phenoxy) is 2. The van der Waals surface area contributed by atoms with Crippen LogP contribution in [0.15, 0.2) is 36.4 Å². The Balaban J connectivity index is 2.07. The van der Waals surface area contributed by atoms with Crippen LogP contribution in [0.2, 0.25) is 0 Å². The highest BCUT2D eigenvalue weighted by Crippen LogP contribution is 2.28. The van der Waals surface area contributed by atoms with Crippen LogP contribution in [0.4, 0.5) is 0 Å². The van der Waals surface area contributed by atoms with Gasteiger partial charge in [0.1, 0.15) is 0 Å². The zero-order valence-corrected chi connectivity index (χ0v) is 16.7. The summed E-state index contributed by atoms with van der Waals surface area (Å²) < 4.78 is 10.7. The molecule has 2 N–H and O–H groups in total. The lowest BCUT2D eigenvalue weighted by Crippen LogP contribution is -2.34. The van der Waals surface area contributed by atoms with Crippen molar-refractivity contribution in [1.29, 1.82) is 0 Å². The van der Waals surface area contributed by atoms with Crippen LogP contribution in [0, 0.1) is 13.8 Å². The number of aliphatic carboxylic acids is 1. The molecule has 0 aliphatic rings. The quantitative estimate of drug-likeness (QED) is 0.690. The second-order valence-electron chi connectivity index (χ2n) is 6.79. The van der Waals surface area contributed by atoms with Gasteiger partial charge in [-0.2, -0.15) is 0 Å². The third kappa shape index (κ3) is 6.01. The number of carboxylic acid groups (broad SMARTS) is 1. The topological polar surface area (TPSA) is 84.9 Å². The van der Waals surface area contributed by atoms with Gasteiger partial charge in [-0.05, 0) is 63.4 Å². The van der Waals surface area contributed by atoms with E-state index in [1.165, 1.54) is 16.7 Å². The Kier molecular flexibility index (Phi) is 7.44.